The Bertz CT molecular complexity index is 950. The minimum Gasteiger partial charge on any atom is -0.497 e. The predicted octanol–water partition coefficient (Wildman–Crippen LogP) is 2.21. The zero-order chi connectivity index (χ0) is 21.3. The molecule has 0 radical (unpaired) electrons. The van der Waals surface area contributed by atoms with Crippen LogP contribution in [0.1, 0.15) is 35.9 Å². The Morgan fingerprint density at radius 1 is 1.10 bits per heavy atom. The van der Waals surface area contributed by atoms with Gasteiger partial charge in [-0.15, -0.1) is 0 Å². The zero-order valence-electron chi connectivity index (χ0n) is 16.5. The number of methoxy groups -OCH3 is 2. The fourth-order valence-corrected chi connectivity index (χ4v) is 3.11. The van der Waals surface area contributed by atoms with Crippen LogP contribution < -0.4 is 9.47 Å². The number of benzene rings is 2. The van der Waals surface area contributed by atoms with Crippen LogP contribution in [0.3, 0.4) is 0 Å². The Labute approximate surface area is 167 Å². The van der Waals surface area contributed by atoms with E-state index in [1.165, 1.54) is 7.11 Å². The van der Waals surface area contributed by atoms with Gasteiger partial charge in [0, 0.05) is 25.5 Å². The molecule has 1 aliphatic heterocycles. The van der Waals surface area contributed by atoms with Gasteiger partial charge in [0.15, 0.2) is 6.10 Å². The number of aliphatic hydroxyl groups is 2. The number of carbonyl (C=O) groups excluding carboxylic acids is 2. The van der Waals surface area contributed by atoms with Crippen LogP contribution in [0.25, 0.3) is 11.1 Å². The largest absolute Gasteiger partial charge is 0.497 e. The monoisotopic (exact) mass is 402 g/mol. The zero-order valence-corrected chi connectivity index (χ0v) is 16.5. The summed E-state index contributed by atoms with van der Waals surface area (Å²) in [7, 11) is 2.61. The normalized spacial score (nSPS) is 16.7. The average molecular weight is 402 g/mol. The van der Waals surface area contributed by atoms with Crippen molar-refractivity contribution in [1.82, 2.24) is 0 Å². The quantitative estimate of drug-likeness (QED) is 0.733. The minimum atomic E-state index is -1.75. The highest BCUT2D eigenvalue weighted by atomic mass is 16.7. The molecule has 2 aromatic carbocycles. The van der Waals surface area contributed by atoms with Crippen molar-refractivity contribution in [3.8, 4) is 22.6 Å². The Hall–Kier alpha value is -3.10. The van der Waals surface area contributed by atoms with E-state index in [9.17, 15) is 19.8 Å². The van der Waals surface area contributed by atoms with Crippen LogP contribution in [0.2, 0.25) is 0 Å². The van der Waals surface area contributed by atoms with Crippen LogP contribution >= 0.6 is 0 Å². The van der Waals surface area contributed by atoms with E-state index >= 15 is 0 Å². The van der Waals surface area contributed by atoms with Crippen LogP contribution in [0, 0.1) is 0 Å². The van der Waals surface area contributed by atoms with Crippen molar-refractivity contribution >= 4 is 11.9 Å². The Morgan fingerprint density at radius 3 is 2.48 bits per heavy atom. The maximum atomic E-state index is 12.7. The molecule has 0 unspecified atom stereocenters. The molecule has 0 aromatic heterocycles. The van der Waals surface area contributed by atoms with Gasteiger partial charge in [0.05, 0.1) is 14.2 Å². The molecule has 2 aromatic rings. The molecule has 0 saturated heterocycles. The van der Waals surface area contributed by atoms with Gasteiger partial charge in [-0.3, -0.25) is 0 Å². The van der Waals surface area contributed by atoms with Gasteiger partial charge < -0.3 is 29.2 Å². The lowest BCUT2D eigenvalue weighted by Gasteiger charge is -2.33. The molecule has 8 nitrogen and oxygen atoms in total. The van der Waals surface area contributed by atoms with E-state index in [0.717, 1.165) is 7.11 Å². The number of ether oxygens (including phenoxy) is 4. The van der Waals surface area contributed by atoms with E-state index in [4.69, 9.17) is 14.2 Å². The molecule has 3 rings (SSSR count). The summed E-state index contributed by atoms with van der Waals surface area (Å²) in [5.41, 5.74) is 1.48. The van der Waals surface area contributed by atoms with Crippen molar-refractivity contribution in [1.29, 1.82) is 0 Å². The molecule has 0 aliphatic carbocycles. The molecule has 29 heavy (non-hydrogen) atoms. The first-order valence-electron chi connectivity index (χ1n) is 8.85. The van der Waals surface area contributed by atoms with Crippen molar-refractivity contribution in [2.75, 3.05) is 14.2 Å². The molecule has 8 heteroatoms. The first-order chi connectivity index (χ1) is 13.7. The van der Waals surface area contributed by atoms with E-state index in [1.807, 2.05) is 0 Å². The second kappa shape index (κ2) is 7.73. The van der Waals surface area contributed by atoms with Crippen molar-refractivity contribution in [3.05, 3.63) is 47.5 Å². The third kappa shape index (κ3) is 4.03. The average Bonchev–Trinajstić information content (AvgIpc) is 2.70. The van der Waals surface area contributed by atoms with Gasteiger partial charge in [-0.2, -0.15) is 0 Å². The van der Waals surface area contributed by atoms with E-state index in [2.05, 4.69) is 4.74 Å². The molecule has 2 atom stereocenters. The number of fused-ring (bicyclic) bond motifs is 1. The minimum absolute atomic E-state index is 0.213. The molecule has 154 valence electrons. The Balaban J connectivity index is 2.10. The van der Waals surface area contributed by atoms with Gasteiger partial charge in [0.2, 0.25) is 5.79 Å². The van der Waals surface area contributed by atoms with Gasteiger partial charge in [-0.25, -0.2) is 9.59 Å². The highest BCUT2D eigenvalue weighted by molar-refractivity contribution is 6.01. The molecular weight excluding hydrogens is 380 g/mol. The van der Waals surface area contributed by atoms with E-state index < -0.39 is 29.9 Å². The molecular formula is C21H22O8. The fraction of sp³-hybridized carbons (Fsp3) is 0.333. The third-order valence-corrected chi connectivity index (χ3v) is 4.49. The van der Waals surface area contributed by atoms with Gasteiger partial charge in [-0.05, 0) is 23.3 Å². The summed E-state index contributed by atoms with van der Waals surface area (Å²) < 4.78 is 20.9. The Morgan fingerprint density at radius 2 is 1.83 bits per heavy atom. The molecule has 1 heterocycles. The molecule has 2 N–H and O–H groups in total. The van der Waals surface area contributed by atoms with Crippen LogP contribution in [0.5, 0.6) is 11.5 Å². The number of rotatable bonds is 5. The van der Waals surface area contributed by atoms with Gasteiger partial charge in [-0.1, -0.05) is 18.2 Å². The maximum Gasteiger partial charge on any atom is 0.345 e. The number of esters is 2. The number of hydrogen-bond acceptors (Lipinski definition) is 8. The second-order valence-electron chi connectivity index (χ2n) is 6.98. The van der Waals surface area contributed by atoms with Gasteiger partial charge in [0.1, 0.15) is 23.2 Å². The van der Waals surface area contributed by atoms with Crippen LogP contribution in [0.15, 0.2) is 36.4 Å². The number of carbonyl (C=O) groups is 2. The summed E-state index contributed by atoms with van der Waals surface area (Å²) in [5.74, 6) is -1.88. The van der Waals surface area contributed by atoms with Crippen LogP contribution in [-0.2, 0) is 14.3 Å². The summed E-state index contributed by atoms with van der Waals surface area (Å²) in [6.45, 7) is 3.25. The first kappa shape index (κ1) is 20.6. The molecule has 0 spiro atoms. The second-order valence-corrected chi connectivity index (χ2v) is 6.98. The van der Waals surface area contributed by atoms with E-state index in [0.29, 0.717) is 22.6 Å². The summed E-state index contributed by atoms with van der Waals surface area (Å²) in [6.07, 6.45) is -3.26. The molecule has 0 bridgehead atoms. The maximum absolute atomic E-state index is 12.7. The Kier molecular flexibility index (Phi) is 5.50. The van der Waals surface area contributed by atoms with Gasteiger partial charge >= 0.3 is 11.9 Å². The van der Waals surface area contributed by atoms with E-state index in [1.54, 1.807) is 50.2 Å². The van der Waals surface area contributed by atoms with E-state index in [-0.39, 0.29) is 11.1 Å². The number of aliphatic hydroxyl groups excluding tert-OH is 2. The predicted molar refractivity (Wildman–Crippen MR) is 102 cm³/mol. The highest BCUT2D eigenvalue weighted by Gasteiger charge is 2.36. The highest BCUT2D eigenvalue weighted by Crippen LogP contribution is 2.41. The fourth-order valence-electron chi connectivity index (χ4n) is 3.11. The van der Waals surface area contributed by atoms with Crippen molar-refractivity contribution in [2.24, 2.45) is 0 Å². The molecule has 0 fully saturated rings. The molecule has 0 saturated carbocycles. The lowest BCUT2D eigenvalue weighted by Crippen LogP contribution is -2.39. The van der Waals surface area contributed by atoms with Crippen molar-refractivity contribution < 1.29 is 38.7 Å². The lowest BCUT2D eigenvalue weighted by atomic mass is 9.94. The topological polar surface area (TPSA) is 112 Å². The standard InChI is InChI=1S/C21H22O8/c1-21(2)28-15-10-13(26-3)9-14(16(15)19(24)29-21)11-6-5-7-12(8-11)17(22)18(23)20(25)27-4/h5-10,17-18,22-23H,1-4H3/t17-,18+/m1/s1. The number of cyclic esters (lactones) is 1. The summed E-state index contributed by atoms with van der Waals surface area (Å²) >= 11 is 0. The summed E-state index contributed by atoms with van der Waals surface area (Å²) in [5, 5.41) is 20.3. The van der Waals surface area contributed by atoms with Crippen molar-refractivity contribution in [2.45, 2.75) is 31.8 Å². The molecule has 1 aliphatic rings. The van der Waals surface area contributed by atoms with Gasteiger partial charge in [0.25, 0.3) is 0 Å². The van der Waals surface area contributed by atoms with Crippen LogP contribution in [0.4, 0.5) is 0 Å². The molecule has 0 amide bonds. The number of hydrogen-bond donors (Lipinski definition) is 2. The van der Waals surface area contributed by atoms with Crippen molar-refractivity contribution in [3.63, 3.8) is 0 Å². The third-order valence-electron chi connectivity index (χ3n) is 4.49. The SMILES string of the molecule is COC(=O)[C@@H](O)[C@H](O)c1cccc(-c2cc(OC)cc3c2C(=O)OC(C)(C)O3)c1. The first-order valence-corrected chi connectivity index (χ1v) is 8.85. The smallest absolute Gasteiger partial charge is 0.345 e. The van der Waals surface area contributed by atoms with Crippen LogP contribution in [-0.4, -0.2) is 48.3 Å². The lowest BCUT2D eigenvalue weighted by molar-refractivity contribution is -0.156. The summed E-state index contributed by atoms with van der Waals surface area (Å²) in [4.78, 5) is 24.2. The summed E-state index contributed by atoms with van der Waals surface area (Å²) in [6, 6.07) is 9.68.